The number of hydrogen-bond acceptors (Lipinski definition) is 3. The van der Waals surface area contributed by atoms with Crippen molar-refractivity contribution in [3.63, 3.8) is 0 Å². The first kappa shape index (κ1) is 13.8. The lowest BCUT2D eigenvalue weighted by Gasteiger charge is -2.37. The molecule has 0 atom stereocenters. The van der Waals surface area contributed by atoms with Gasteiger partial charge in [0.1, 0.15) is 0 Å². The monoisotopic (exact) mass is 300 g/mol. The van der Waals surface area contributed by atoms with Crippen LogP contribution in [-0.4, -0.2) is 29.8 Å². The maximum absolute atomic E-state index is 12.1. The van der Waals surface area contributed by atoms with E-state index in [-0.39, 0.29) is 17.7 Å². The Morgan fingerprint density at radius 2 is 2.05 bits per heavy atom. The number of amides is 2. The molecule has 1 N–H and O–H groups in total. The quantitative estimate of drug-likeness (QED) is 0.947. The second-order valence-corrected chi connectivity index (χ2v) is 6.19. The summed E-state index contributed by atoms with van der Waals surface area (Å²) in [6, 6.07) is 11.4. The van der Waals surface area contributed by atoms with Crippen LogP contribution in [0.1, 0.15) is 15.2 Å². The molecule has 5 heteroatoms. The zero-order chi connectivity index (χ0) is 14.8. The van der Waals surface area contributed by atoms with Crippen molar-refractivity contribution >= 4 is 28.8 Å². The Labute approximate surface area is 127 Å². The van der Waals surface area contributed by atoms with E-state index in [0.29, 0.717) is 13.1 Å². The molecule has 2 aromatic rings. The molecule has 108 valence electrons. The Morgan fingerprint density at radius 3 is 2.71 bits per heavy atom. The minimum Gasteiger partial charge on any atom is -0.336 e. The van der Waals surface area contributed by atoms with Gasteiger partial charge >= 0.3 is 0 Å². The van der Waals surface area contributed by atoms with Crippen molar-refractivity contribution in [2.24, 2.45) is 5.92 Å². The van der Waals surface area contributed by atoms with Gasteiger partial charge in [0.15, 0.2) is 0 Å². The fraction of sp³-hybridized carbons (Fsp3) is 0.250. The van der Waals surface area contributed by atoms with Crippen LogP contribution in [0, 0.1) is 12.8 Å². The highest BCUT2D eigenvalue weighted by Crippen LogP contribution is 2.22. The normalized spacial score (nSPS) is 14.6. The standard InChI is InChI=1S/C16H16N2O2S/c1-11-4-2-5-13(8-11)17-15(19)12-9-18(10-12)16(20)14-6-3-7-21-14/h2-8,12H,9-10H2,1H3,(H,17,19). The first-order valence-electron chi connectivity index (χ1n) is 6.84. The van der Waals surface area contributed by atoms with Crippen molar-refractivity contribution in [1.29, 1.82) is 0 Å². The summed E-state index contributed by atoms with van der Waals surface area (Å²) in [6.45, 7) is 2.98. The first-order chi connectivity index (χ1) is 10.1. The molecule has 0 radical (unpaired) electrons. The third-order valence-corrected chi connectivity index (χ3v) is 4.41. The Kier molecular flexibility index (Phi) is 3.75. The lowest BCUT2D eigenvalue weighted by molar-refractivity contribution is -0.123. The van der Waals surface area contributed by atoms with Crippen LogP contribution in [0.25, 0.3) is 0 Å². The second kappa shape index (κ2) is 5.69. The fourth-order valence-electron chi connectivity index (χ4n) is 2.33. The predicted octanol–water partition coefficient (Wildman–Crippen LogP) is 2.77. The minimum atomic E-state index is -0.116. The number of rotatable bonds is 3. The number of nitrogens with zero attached hydrogens (tertiary/aromatic N) is 1. The number of carbonyl (C=O) groups excluding carboxylic acids is 2. The van der Waals surface area contributed by atoms with Gasteiger partial charge in [0.25, 0.3) is 5.91 Å². The number of nitrogens with one attached hydrogen (secondary N) is 1. The predicted molar refractivity (Wildman–Crippen MR) is 83.5 cm³/mol. The molecule has 1 saturated heterocycles. The molecule has 1 fully saturated rings. The van der Waals surface area contributed by atoms with Crippen molar-refractivity contribution in [1.82, 2.24) is 4.90 Å². The number of carbonyl (C=O) groups is 2. The third kappa shape index (κ3) is 2.97. The summed E-state index contributed by atoms with van der Waals surface area (Å²) in [4.78, 5) is 26.6. The van der Waals surface area contributed by atoms with Gasteiger partial charge in [-0.25, -0.2) is 0 Å². The van der Waals surface area contributed by atoms with Crippen molar-refractivity contribution in [3.05, 3.63) is 52.2 Å². The second-order valence-electron chi connectivity index (χ2n) is 5.24. The Hall–Kier alpha value is -2.14. The van der Waals surface area contributed by atoms with Crippen molar-refractivity contribution in [2.45, 2.75) is 6.92 Å². The maximum atomic E-state index is 12.1. The molecule has 0 spiro atoms. The molecule has 4 nitrogen and oxygen atoms in total. The molecule has 0 aliphatic carbocycles. The summed E-state index contributed by atoms with van der Waals surface area (Å²) < 4.78 is 0. The SMILES string of the molecule is Cc1cccc(NC(=O)C2CN(C(=O)c3cccs3)C2)c1. The average molecular weight is 300 g/mol. The Balaban J connectivity index is 1.54. The van der Waals surface area contributed by atoms with Gasteiger partial charge in [0.2, 0.25) is 5.91 Å². The van der Waals surface area contributed by atoms with Crippen LogP contribution >= 0.6 is 11.3 Å². The summed E-state index contributed by atoms with van der Waals surface area (Å²) in [5.74, 6) is -0.116. The molecule has 0 unspecified atom stereocenters. The molecule has 1 aliphatic heterocycles. The van der Waals surface area contributed by atoms with Gasteiger partial charge < -0.3 is 10.2 Å². The summed E-state index contributed by atoms with van der Waals surface area (Å²) in [5, 5.41) is 4.79. The van der Waals surface area contributed by atoms with Crippen LogP contribution in [0.3, 0.4) is 0 Å². The van der Waals surface area contributed by atoms with Crippen LogP contribution in [0.15, 0.2) is 41.8 Å². The van der Waals surface area contributed by atoms with E-state index in [4.69, 9.17) is 0 Å². The van der Waals surface area contributed by atoms with Gasteiger partial charge in [-0.1, -0.05) is 18.2 Å². The first-order valence-corrected chi connectivity index (χ1v) is 7.72. The van der Waals surface area contributed by atoms with Crippen LogP contribution in [0.2, 0.25) is 0 Å². The molecule has 0 saturated carbocycles. The minimum absolute atomic E-state index is 0.0178. The van der Waals surface area contributed by atoms with Crippen LogP contribution in [0.4, 0.5) is 5.69 Å². The summed E-state index contributed by atoms with van der Waals surface area (Å²) in [5.41, 5.74) is 1.92. The van der Waals surface area contributed by atoms with E-state index in [1.165, 1.54) is 11.3 Å². The molecule has 3 rings (SSSR count). The zero-order valence-electron chi connectivity index (χ0n) is 11.7. The summed E-state index contributed by atoms with van der Waals surface area (Å²) in [6.07, 6.45) is 0. The number of likely N-dealkylation sites (tertiary alicyclic amines) is 1. The van der Waals surface area contributed by atoms with Crippen LogP contribution < -0.4 is 5.32 Å². The lowest BCUT2D eigenvalue weighted by Crippen LogP contribution is -2.54. The number of benzene rings is 1. The van der Waals surface area contributed by atoms with E-state index in [0.717, 1.165) is 16.1 Å². The van der Waals surface area contributed by atoms with Crippen LogP contribution in [-0.2, 0) is 4.79 Å². The van der Waals surface area contributed by atoms with E-state index >= 15 is 0 Å². The third-order valence-electron chi connectivity index (χ3n) is 3.56. The number of hydrogen-bond donors (Lipinski definition) is 1. The highest BCUT2D eigenvalue weighted by atomic mass is 32.1. The van der Waals surface area contributed by atoms with E-state index in [2.05, 4.69) is 5.32 Å². The van der Waals surface area contributed by atoms with E-state index in [1.807, 2.05) is 48.7 Å². The summed E-state index contributed by atoms with van der Waals surface area (Å²) >= 11 is 1.43. The topological polar surface area (TPSA) is 49.4 Å². The van der Waals surface area contributed by atoms with Crippen molar-refractivity contribution in [3.8, 4) is 0 Å². The number of anilines is 1. The van der Waals surface area contributed by atoms with E-state index < -0.39 is 0 Å². The average Bonchev–Trinajstić information content (AvgIpc) is 2.90. The zero-order valence-corrected chi connectivity index (χ0v) is 12.5. The van der Waals surface area contributed by atoms with Gasteiger partial charge in [-0.2, -0.15) is 0 Å². The molecule has 1 aromatic heterocycles. The molecule has 2 amide bonds. The van der Waals surface area contributed by atoms with Gasteiger partial charge in [0, 0.05) is 18.8 Å². The molecule has 1 aliphatic rings. The van der Waals surface area contributed by atoms with Crippen molar-refractivity contribution < 1.29 is 9.59 Å². The van der Waals surface area contributed by atoms with E-state index in [1.54, 1.807) is 4.90 Å². The molecular weight excluding hydrogens is 284 g/mol. The fourth-order valence-corrected chi connectivity index (χ4v) is 3.02. The number of aryl methyl sites for hydroxylation is 1. The highest BCUT2D eigenvalue weighted by Gasteiger charge is 2.36. The van der Waals surface area contributed by atoms with Gasteiger partial charge in [-0.05, 0) is 36.1 Å². The molecule has 21 heavy (non-hydrogen) atoms. The maximum Gasteiger partial charge on any atom is 0.263 e. The summed E-state index contributed by atoms with van der Waals surface area (Å²) in [7, 11) is 0. The number of thiophene rings is 1. The smallest absolute Gasteiger partial charge is 0.263 e. The van der Waals surface area contributed by atoms with Crippen LogP contribution in [0.5, 0.6) is 0 Å². The van der Waals surface area contributed by atoms with Gasteiger partial charge in [-0.15, -0.1) is 11.3 Å². The molecular formula is C16H16N2O2S. The highest BCUT2D eigenvalue weighted by molar-refractivity contribution is 7.12. The van der Waals surface area contributed by atoms with Gasteiger partial charge in [-0.3, -0.25) is 9.59 Å². The van der Waals surface area contributed by atoms with Gasteiger partial charge in [0.05, 0.1) is 10.8 Å². The molecule has 0 bridgehead atoms. The molecule has 2 heterocycles. The molecule has 1 aromatic carbocycles. The van der Waals surface area contributed by atoms with Crippen molar-refractivity contribution in [2.75, 3.05) is 18.4 Å². The Morgan fingerprint density at radius 1 is 1.24 bits per heavy atom. The van der Waals surface area contributed by atoms with E-state index in [9.17, 15) is 9.59 Å². The lowest BCUT2D eigenvalue weighted by atomic mass is 9.98. The Bertz CT molecular complexity index is 661. The largest absolute Gasteiger partial charge is 0.336 e.